The summed E-state index contributed by atoms with van der Waals surface area (Å²) in [4.78, 5) is 14.1. The van der Waals surface area contributed by atoms with Gasteiger partial charge in [-0.25, -0.2) is 0 Å². The highest BCUT2D eigenvalue weighted by Gasteiger charge is 2.22. The van der Waals surface area contributed by atoms with Gasteiger partial charge < -0.3 is 4.90 Å². The number of piperidine rings is 1. The van der Waals surface area contributed by atoms with E-state index in [2.05, 4.69) is 41.5 Å². The molecular weight excluding hydrogens is 266 g/mol. The summed E-state index contributed by atoms with van der Waals surface area (Å²) in [5.74, 6) is 2.20. The number of carbonyl (C=O) groups is 1. The highest BCUT2D eigenvalue weighted by Crippen LogP contribution is 2.22. The summed E-state index contributed by atoms with van der Waals surface area (Å²) in [7, 11) is 0. The van der Waals surface area contributed by atoms with E-state index in [1.807, 2.05) is 11.8 Å². The van der Waals surface area contributed by atoms with E-state index in [4.69, 9.17) is 0 Å². The van der Waals surface area contributed by atoms with Crippen LogP contribution in [0.4, 0.5) is 0 Å². The van der Waals surface area contributed by atoms with E-state index >= 15 is 0 Å². The van der Waals surface area contributed by atoms with Crippen LogP contribution >= 0.6 is 11.8 Å². The molecule has 0 N–H and O–H groups in total. The van der Waals surface area contributed by atoms with E-state index in [9.17, 15) is 4.79 Å². The van der Waals surface area contributed by atoms with E-state index in [-0.39, 0.29) is 0 Å². The summed E-state index contributed by atoms with van der Waals surface area (Å²) >= 11 is 1.82. The summed E-state index contributed by atoms with van der Waals surface area (Å²) in [6, 6.07) is 10.7. The van der Waals surface area contributed by atoms with Gasteiger partial charge in [0.15, 0.2) is 0 Å². The highest BCUT2D eigenvalue weighted by atomic mass is 32.2. The van der Waals surface area contributed by atoms with Crippen LogP contribution in [0.25, 0.3) is 0 Å². The molecule has 110 valence electrons. The molecule has 1 amide bonds. The lowest BCUT2D eigenvalue weighted by atomic mass is 9.90. The normalized spacial score (nSPS) is 16.4. The first-order valence-corrected chi connectivity index (χ1v) is 8.99. The van der Waals surface area contributed by atoms with Crippen LogP contribution in [0.2, 0.25) is 0 Å². The van der Waals surface area contributed by atoms with Crippen molar-refractivity contribution in [2.75, 3.05) is 25.1 Å². The van der Waals surface area contributed by atoms with Crippen molar-refractivity contribution in [1.82, 2.24) is 4.90 Å². The van der Waals surface area contributed by atoms with Gasteiger partial charge in [0.2, 0.25) is 5.91 Å². The monoisotopic (exact) mass is 291 g/mol. The van der Waals surface area contributed by atoms with Crippen LogP contribution in [0.3, 0.4) is 0 Å². The number of amides is 1. The third kappa shape index (κ3) is 4.86. The molecule has 0 saturated carbocycles. The fourth-order valence-electron chi connectivity index (χ4n) is 2.86. The number of hydrogen-bond acceptors (Lipinski definition) is 2. The van der Waals surface area contributed by atoms with E-state index < -0.39 is 0 Å². The number of hydrogen-bond donors (Lipinski definition) is 0. The third-order valence-corrected chi connectivity index (χ3v) is 4.77. The van der Waals surface area contributed by atoms with Crippen LogP contribution in [0, 0.1) is 5.92 Å². The molecule has 2 rings (SSSR count). The summed E-state index contributed by atoms with van der Waals surface area (Å²) < 4.78 is 0. The Bertz CT molecular complexity index is 399. The van der Waals surface area contributed by atoms with Gasteiger partial charge in [-0.05, 0) is 49.2 Å². The Hall–Kier alpha value is -0.960. The first-order valence-electron chi connectivity index (χ1n) is 7.60. The van der Waals surface area contributed by atoms with Crippen molar-refractivity contribution < 1.29 is 4.79 Å². The number of likely N-dealkylation sites (tertiary alicyclic amines) is 1. The molecule has 1 aliphatic rings. The van der Waals surface area contributed by atoms with Crippen molar-refractivity contribution in [2.45, 2.75) is 32.1 Å². The smallest absolute Gasteiger partial charge is 0.222 e. The number of rotatable bonds is 6. The number of nitrogens with zero attached hydrogens (tertiary/aromatic N) is 1. The zero-order chi connectivity index (χ0) is 14.2. The van der Waals surface area contributed by atoms with Crippen molar-refractivity contribution in [3.05, 3.63) is 35.9 Å². The molecule has 1 aromatic carbocycles. The molecule has 20 heavy (non-hydrogen) atoms. The minimum absolute atomic E-state index is 0.359. The molecular formula is C17H25NOS. The Balaban J connectivity index is 1.71. The molecule has 1 aliphatic heterocycles. The van der Waals surface area contributed by atoms with Gasteiger partial charge >= 0.3 is 0 Å². The fraction of sp³-hybridized carbons (Fsp3) is 0.588. The molecule has 0 aliphatic carbocycles. The summed E-state index contributed by atoms with van der Waals surface area (Å²) in [6.45, 7) is 1.91. The fourth-order valence-corrected chi connectivity index (χ4v) is 3.29. The second-order valence-corrected chi connectivity index (χ2v) is 6.60. The standard InChI is InChI=1S/C17H25NOS/c1-20-13-5-8-17(19)18-11-9-16(10-12-18)14-15-6-3-2-4-7-15/h2-4,6-7,16H,5,8-14H2,1H3. The van der Waals surface area contributed by atoms with Crippen LogP contribution in [-0.2, 0) is 11.2 Å². The quantitative estimate of drug-likeness (QED) is 0.746. The van der Waals surface area contributed by atoms with Gasteiger partial charge in [-0.2, -0.15) is 11.8 Å². The summed E-state index contributed by atoms with van der Waals surface area (Å²) in [5, 5.41) is 0. The molecule has 1 fully saturated rings. The Morgan fingerprint density at radius 3 is 2.60 bits per heavy atom. The van der Waals surface area contributed by atoms with Crippen LogP contribution in [-0.4, -0.2) is 35.9 Å². The van der Waals surface area contributed by atoms with Gasteiger partial charge in [-0.3, -0.25) is 4.79 Å². The Morgan fingerprint density at radius 1 is 1.25 bits per heavy atom. The zero-order valence-electron chi connectivity index (χ0n) is 12.4. The maximum absolute atomic E-state index is 12.1. The lowest BCUT2D eigenvalue weighted by Gasteiger charge is -2.32. The van der Waals surface area contributed by atoms with E-state index in [1.165, 1.54) is 5.56 Å². The molecule has 0 bridgehead atoms. The summed E-state index contributed by atoms with van der Waals surface area (Å²) in [6.07, 6.45) is 7.31. The van der Waals surface area contributed by atoms with Gasteiger partial charge in [-0.15, -0.1) is 0 Å². The van der Waals surface area contributed by atoms with Crippen LogP contribution in [0.1, 0.15) is 31.2 Å². The van der Waals surface area contributed by atoms with Gasteiger partial charge in [0, 0.05) is 19.5 Å². The highest BCUT2D eigenvalue weighted by molar-refractivity contribution is 7.98. The minimum atomic E-state index is 0.359. The van der Waals surface area contributed by atoms with E-state index in [0.717, 1.165) is 56.9 Å². The molecule has 3 heteroatoms. The molecule has 0 aromatic heterocycles. The Kier molecular flexibility index (Phi) is 6.44. The second-order valence-electron chi connectivity index (χ2n) is 5.61. The van der Waals surface area contributed by atoms with E-state index in [1.54, 1.807) is 0 Å². The van der Waals surface area contributed by atoms with Gasteiger partial charge in [0.1, 0.15) is 0 Å². The van der Waals surface area contributed by atoms with Gasteiger partial charge in [-0.1, -0.05) is 30.3 Å². The van der Waals surface area contributed by atoms with Crippen LogP contribution in [0.5, 0.6) is 0 Å². The molecule has 1 saturated heterocycles. The van der Waals surface area contributed by atoms with Gasteiger partial charge in [0.25, 0.3) is 0 Å². The maximum Gasteiger partial charge on any atom is 0.222 e. The molecule has 0 atom stereocenters. The minimum Gasteiger partial charge on any atom is -0.343 e. The van der Waals surface area contributed by atoms with Crippen molar-refractivity contribution >= 4 is 17.7 Å². The lowest BCUT2D eigenvalue weighted by Crippen LogP contribution is -2.38. The first-order chi connectivity index (χ1) is 9.79. The van der Waals surface area contributed by atoms with Crippen molar-refractivity contribution in [1.29, 1.82) is 0 Å². The Morgan fingerprint density at radius 2 is 1.95 bits per heavy atom. The molecule has 0 spiro atoms. The zero-order valence-corrected chi connectivity index (χ0v) is 13.2. The Labute approximate surface area is 126 Å². The molecule has 0 radical (unpaired) electrons. The number of thioether (sulfide) groups is 1. The van der Waals surface area contributed by atoms with E-state index in [0.29, 0.717) is 5.91 Å². The summed E-state index contributed by atoms with van der Waals surface area (Å²) in [5.41, 5.74) is 1.43. The topological polar surface area (TPSA) is 20.3 Å². The average molecular weight is 291 g/mol. The van der Waals surface area contributed by atoms with Crippen molar-refractivity contribution in [3.63, 3.8) is 0 Å². The maximum atomic E-state index is 12.1. The lowest BCUT2D eigenvalue weighted by molar-refractivity contribution is -0.132. The number of carbonyl (C=O) groups excluding carboxylic acids is 1. The predicted molar refractivity (Wildman–Crippen MR) is 87.1 cm³/mol. The largest absolute Gasteiger partial charge is 0.343 e. The molecule has 1 heterocycles. The third-order valence-electron chi connectivity index (χ3n) is 4.07. The molecule has 2 nitrogen and oxygen atoms in total. The van der Waals surface area contributed by atoms with Gasteiger partial charge in [0.05, 0.1) is 0 Å². The van der Waals surface area contributed by atoms with Crippen molar-refractivity contribution in [2.24, 2.45) is 5.92 Å². The molecule has 1 aromatic rings. The van der Waals surface area contributed by atoms with Crippen molar-refractivity contribution in [3.8, 4) is 0 Å². The first kappa shape index (κ1) is 15.4. The number of benzene rings is 1. The second kappa shape index (κ2) is 8.35. The predicted octanol–water partition coefficient (Wildman–Crippen LogP) is 3.61. The molecule has 0 unspecified atom stereocenters. The van der Waals surface area contributed by atoms with Crippen LogP contribution < -0.4 is 0 Å². The average Bonchev–Trinajstić information content (AvgIpc) is 2.49. The SMILES string of the molecule is CSCCCC(=O)N1CCC(Cc2ccccc2)CC1. The van der Waals surface area contributed by atoms with Crippen LogP contribution in [0.15, 0.2) is 30.3 Å².